The second-order valence-corrected chi connectivity index (χ2v) is 5.62. The Labute approximate surface area is 104 Å². The highest BCUT2D eigenvalue weighted by Crippen LogP contribution is 2.31. The molecule has 98 valence electrons. The Morgan fingerprint density at radius 3 is 2.53 bits per heavy atom. The van der Waals surface area contributed by atoms with Gasteiger partial charge in [0.1, 0.15) is 5.54 Å². The third-order valence-electron chi connectivity index (χ3n) is 2.18. The summed E-state index contributed by atoms with van der Waals surface area (Å²) in [7, 11) is 0. The van der Waals surface area contributed by atoms with Crippen molar-refractivity contribution >= 4 is 35.4 Å². The lowest BCUT2D eigenvalue weighted by Gasteiger charge is -2.24. The molecule has 0 saturated carbocycles. The van der Waals surface area contributed by atoms with Crippen molar-refractivity contribution in [3.63, 3.8) is 0 Å². The minimum Gasteiger partial charge on any atom is -0.479 e. The van der Waals surface area contributed by atoms with Crippen molar-refractivity contribution in [1.82, 2.24) is 5.32 Å². The van der Waals surface area contributed by atoms with Gasteiger partial charge in [0.25, 0.3) is 0 Å². The van der Waals surface area contributed by atoms with E-state index in [2.05, 4.69) is 5.32 Å². The second kappa shape index (κ2) is 5.38. The van der Waals surface area contributed by atoms with Crippen molar-refractivity contribution in [3.05, 3.63) is 0 Å². The second-order valence-electron chi connectivity index (χ2n) is 3.47. The maximum Gasteiger partial charge on any atom is 0.442 e. The lowest BCUT2D eigenvalue weighted by molar-refractivity contribution is -0.146. The van der Waals surface area contributed by atoms with Crippen LogP contribution in [0.4, 0.5) is 13.2 Å². The van der Waals surface area contributed by atoms with Crippen LogP contribution in [0.5, 0.6) is 0 Å². The van der Waals surface area contributed by atoms with E-state index >= 15 is 0 Å². The largest absolute Gasteiger partial charge is 0.479 e. The summed E-state index contributed by atoms with van der Waals surface area (Å²) in [5.74, 6) is -2.17. The van der Waals surface area contributed by atoms with Crippen molar-refractivity contribution in [2.75, 3.05) is 17.3 Å². The van der Waals surface area contributed by atoms with Crippen LogP contribution in [0, 0.1) is 0 Å². The first-order chi connectivity index (χ1) is 7.75. The summed E-state index contributed by atoms with van der Waals surface area (Å²) in [6.07, 6.45) is 0.232. The molecule has 0 aromatic heterocycles. The molecular weight excluding hydrogens is 279 g/mol. The highest BCUT2D eigenvalue weighted by atomic mass is 32.2. The van der Waals surface area contributed by atoms with Crippen molar-refractivity contribution in [1.29, 1.82) is 0 Å². The standard InChI is InChI=1S/C8H10F3NO3S2/c9-8(10,11)17-3-5(13)12-7(6(14)15)1-2-16-4-7/h1-4H2,(H,12,13)(H,14,15). The monoisotopic (exact) mass is 289 g/mol. The summed E-state index contributed by atoms with van der Waals surface area (Å²) in [6, 6.07) is 0. The van der Waals surface area contributed by atoms with Crippen LogP contribution >= 0.6 is 23.5 Å². The molecule has 4 nitrogen and oxygen atoms in total. The van der Waals surface area contributed by atoms with Crippen LogP contribution in [0.25, 0.3) is 0 Å². The van der Waals surface area contributed by atoms with Crippen LogP contribution in [-0.2, 0) is 9.59 Å². The number of nitrogens with one attached hydrogen (secondary N) is 1. The van der Waals surface area contributed by atoms with E-state index in [1.807, 2.05) is 0 Å². The fourth-order valence-electron chi connectivity index (χ4n) is 1.34. The minimum atomic E-state index is -4.49. The highest BCUT2D eigenvalue weighted by molar-refractivity contribution is 8.00. The Kier molecular flexibility index (Phi) is 4.59. The molecule has 1 rings (SSSR count). The van der Waals surface area contributed by atoms with E-state index in [0.717, 1.165) is 0 Å². The average molecular weight is 289 g/mol. The van der Waals surface area contributed by atoms with E-state index in [-0.39, 0.29) is 12.2 Å². The molecule has 0 spiro atoms. The summed E-state index contributed by atoms with van der Waals surface area (Å²) in [5.41, 5.74) is -5.90. The molecule has 1 heterocycles. The molecule has 1 saturated heterocycles. The highest BCUT2D eigenvalue weighted by Gasteiger charge is 2.43. The first-order valence-electron chi connectivity index (χ1n) is 4.58. The Morgan fingerprint density at radius 1 is 1.47 bits per heavy atom. The van der Waals surface area contributed by atoms with E-state index < -0.39 is 40.4 Å². The molecule has 1 aliphatic rings. The predicted molar refractivity (Wildman–Crippen MR) is 59.0 cm³/mol. The number of aliphatic carboxylic acids is 1. The van der Waals surface area contributed by atoms with E-state index in [4.69, 9.17) is 5.11 Å². The smallest absolute Gasteiger partial charge is 0.442 e. The molecule has 0 aromatic rings. The van der Waals surface area contributed by atoms with Crippen LogP contribution in [0.2, 0.25) is 0 Å². The van der Waals surface area contributed by atoms with Crippen molar-refractivity contribution in [3.8, 4) is 0 Å². The minimum absolute atomic E-state index is 0.185. The summed E-state index contributed by atoms with van der Waals surface area (Å²) >= 11 is 0.874. The number of thioether (sulfide) groups is 2. The first-order valence-corrected chi connectivity index (χ1v) is 6.72. The number of carbonyl (C=O) groups excluding carboxylic acids is 1. The zero-order valence-corrected chi connectivity index (χ0v) is 10.2. The number of carboxylic acids is 1. The molecular formula is C8H10F3NO3S2. The van der Waals surface area contributed by atoms with Gasteiger partial charge in [-0.25, -0.2) is 4.79 Å². The van der Waals surface area contributed by atoms with Crippen LogP contribution in [0.1, 0.15) is 6.42 Å². The van der Waals surface area contributed by atoms with Gasteiger partial charge in [-0.15, -0.1) is 0 Å². The zero-order valence-electron chi connectivity index (χ0n) is 8.54. The summed E-state index contributed by atoms with van der Waals surface area (Å²) in [6.45, 7) is 0. The average Bonchev–Trinajstić information content (AvgIpc) is 2.63. The Morgan fingerprint density at radius 2 is 2.12 bits per heavy atom. The third-order valence-corrected chi connectivity index (χ3v) is 4.10. The molecule has 1 aliphatic heterocycles. The zero-order chi connectivity index (χ0) is 13.1. The van der Waals surface area contributed by atoms with Gasteiger partial charge in [-0.1, -0.05) is 0 Å². The van der Waals surface area contributed by atoms with Crippen molar-refractivity contribution in [2.24, 2.45) is 0 Å². The van der Waals surface area contributed by atoms with Crippen LogP contribution < -0.4 is 5.32 Å². The van der Waals surface area contributed by atoms with Gasteiger partial charge in [0.15, 0.2) is 0 Å². The molecule has 0 bridgehead atoms. The number of carbonyl (C=O) groups is 2. The first kappa shape index (κ1) is 14.5. The predicted octanol–water partition coefficient (Wildman–Crippen LogP) is 1.32. The topological polar surface area (TPSA) is 66.4 Å². The third kappa shape index (κ3) is 4.30. The Balaban J connectivity index is 2.51. The normalized spacial score (nSPS) is 24.6. The quantitative estimate of drug-likeness (QED) is 0.817. The Hall–Kier alpha value is -0.570. The van der Waals surface area contributed by atoms with Gasteiger partial charge < -0.3 is 10.4 Å². The van der Waals surface area contributed by atoms with Crippen LogP contribution in [0.3, 0.4) is 0 Å². The fourth-order valence-corrected chi connectivity index (χ4v) is 3.03. The molecule has 1 atom stereocenters. The molecule has 2 N–H and O–H groups in total. The molecule has 0 aromatic carbocycles. The fraction of sp³-hybridized carbons (Fsp3) is 0.750. The molecule has 1 amide bonds. The lowest BCUT2D eigenvalue weighted by atomic mass is 9.99. The lowest BCUT2D eigenvalue weighted by Crippen LogP contribution is -2.55. The number of hydrogen-bond acceptors (Lipinski definition) is 4. The number of carboxylic acid groups (broad SMARTS) is 1. The number of amides is 1. The molecule has 0 aliphatic carbocycles. The van der Waals surface area contributed by atoms with E-state index in [1.165, 1.54) is 11.8 Å². The van der Waals surface area contributed by atoms with Crippen LogP contribution in [-0.4, -0.2) is 45.3 Å². The van der Waals surface area contributed by atoms with Gasteiger partial charge in [-0.3, -0.25) is 4.79 Å². The maximum absolute atomic E-state index is 11.8. The van der Waals surface area contributed by atoms with Gasteiger partial charge in [0, 0.05) is 5.75 Å². The molecule has 17 heavy (non-hydrogen) atoms. The molecule has 9 heteroatoms. The summed E-state index contributed by atoms with van der Waals surface area (Å²) in [5, 5.41) is 11.2. The number of halogens is 3. The summed E-state index contributed by atoms with van der Waals surface area (Å²) < 4.78 is 35.5. The number of alkyl halides is 3. The van der Waals surface area contributed by atoms with E-state index in [0.29, 0.717) is 5.75 Å². The van der Waals surface area contributed by atoms with Gasteiger partial charge in [0.2, 0.25) is 5.91 Å². The SMILES string of the molecule is O=C(CSC(F)(F)F)NC1(C(=O)O)CCSC1. The van der Waals surface area contributed by atoms with Crippen molar-refractivity contribution < 1.29 is 27.9 Å². The number of rotatable bonds is 4. The summed E-state index contributed by atoms with van der Waals surface area (Å²) in [4.78, 5) is 22.3. The molecule has 0 radical (unpaired) electrons. The van der Waals surface area contributed by atoms with Crippen molar-refractivity contribution in [2.45, 2.75) is 17.5 Å². The molecule has 1 unspecified atom stereocenters. The van der Waals surface area contributed by atoms with Gasteiger partial charge in [0.05, 0.1) is 5.75 Å². The molecule has 1 fully saturated rings. The van der Waals surface area contributed by atoms with E-state index in [1.54, 1.807) is 0 Å². The Bertz CT molecular complexity index is 316. The van der Waals surface area contributed by atoms with Crippen LogP contribution in [0.15, 0.2) is 0 Å². The number of hydrogen-bond donors (Lipinski definition) is 2. The van der Waals surface area contributed by atoms with Gasteiger partial charge in [-0.2, -0.15) is 24.9 Å². The van der Waals surface area contributed by atoms with E-state index in [9.17, 15) is 22.8 Å². The maximum atomic E-state index is 11.8. The van der Waals surface area contributed by atoms with Gasteiger partial charge in [-0.05, 0) is 23.9 Å². The van der Waals surface area contributed by atoms with Gasteiger partial charge >= 0.3 is 11.5 Å².